The fourth-order valence-corrected chi connectivity index (χ4v) is 2.56. The minimum Gasteiger partial charge on any atom is -0.368 e. The monoisotopic (exact) mass is 333 g/mol. The van der Waals surface area contributed by atoms with Crippen LogP contribution >= 0.6 is 0 Å². The summed E-state index contributed by atoms with van der Waals surface area (Å²) < 4.78 is 0. The maximum Gasteiger partial charge on any atom is 0.271 e. The lowest BCUT2D eigenvalue weighted by Crippen LogP contribution is -2.39. The van der Waals surface area contributed by atoms with Crippen LogP contribution in [0.3, 0.4) is 0 Å². The molecule has 1 aliphatic heterocycles. The number of rotatable bonds is 4. The van der Waals surface area contributed by atoms with Crippen molar-refractivity contribution in [1.29, 1.82) is 5.26 Å². The summed E-state index contributed by atoms with van der Waals surface area (Å²) in [4.78, 5) is 24.2. The van der Waals surface area contributed by atoms with Crippen molar-refractivity contribution in [2.24, 2.45) is 10.8 Å². The van der Waals surface area contributed by atoms with Gasteiger partial charge in [-0.15, -0.1) is 0 Å². The minimum atomic E-state index is -0.714. The largest absolute Gasteiger partial charge is 0.368 e. The number of hydrogen-bond donors (Lipinski definition) is 2. The summed E-state index contributed by atoms with van der Waals surface area (Å²) >= 11 is 0. The highest BCUT2D eigenvalue weighted by atomic mass is 16.2. The number of hydrazone groups is 1. The molecule has 0 bridgehead atoms. The van der Waals surface area contributed by atoms with E-state index in [9.17, 15) is 9.59 Å². The fourth-order valence-electron chi connectivity index (χ4n) is 2.56. The number of nitrogens with zero attached hydrogens (tertiary/aromatic N) is 3. The summed E-state index contributed by atoms with van der Waals surface area (Å²) in [6.07, 6.45) is 0.119. The SMILES string of the molecule is N#Cc1cccc(NC(=O)C2=NN(c3ccccc3)C(C(N)=O)C2)c1. The number of benzene rings is 2. The summed E-state index contributed by atoms with van der Waals surface area (Å²) in [6, 6.07) is 16.9. The molecule has 1 unspecified atom stereocenters. The molecule has 7 nitrogen and oxygen atoms in total. The van der Waals surface area contributed by atoms with Crippen LogP contribution in [-0.2, 0) is 9.59 Å². The molecule has 3 N–H and O–H groups in total. The van der Waals surface area contributed by atoms with Crippen molar-refractivity contribution in [3.05, 3.63) is 60.2 Å². The highest BCUT2D eigenvalue weighted by molar-refractivity contribution is 6.44. The Hall–Kier alpha value is -3.66. The molecule has 2 aromatic carbocycles. The van der Waals surface area contributed by atoms with E-state index in [1.54, 1.807) is 36.4 Å². The number of anilines is 2. The Bertz CT molecular complexity index is 886. The molecule has 1 aliphatic rings. The topological polar surface area (TPSA) is 112 Å². The van der Waals surface area contributed by atoms with Crippen molar-refractivity contribution in [2.75, 3.05) is 10.3 Å². The molecule has 2 amide bonds. The van der Waals surface area contributed by atoms with Crippen LogP contribution < -0.4 is 16.1 Å². The van der Waals surface area contributed by atoms with Gasteiger partial charge >= 0.3 is 0 Å². The third-order valence-electron chi connectivity index (χ3n) is 3.77. The molecule has 0 aliphatic carbocycles. The molecule has 124 valence electrons. The average Bonchev–Trinajstić information content (AvgIpc) is 3.08. The third-order valence-corrected chi connectivity index (χ3v) is 3.77. The number of nitriles is 1. The van der Waals surface area contributed by atoms with Gasteiger partial charge in [0.15, 0.2) is 0 Å². The summed E-state index contributed by atoms with van der Waals surface area (Å²) in [5.41, 5.74) is 7.27. The van der Waals surface area contributed by atoms with E-state index in [2.05, 4.69) is 10.4 Å². The van der Waals surface area contributed by atoms with Gasteiger partial charge in [-0.3, -0.25) is 14.6 Å². The van der Waals surface area contributed by atoms with E-state index < -0.39 is 17.9 Å². The molecular weight excluding hydrogens is 318 g/mol. The summed E-state index contributed by atoms with van der Waals surface area (Å²) in [5, 5.41) is 17.3. The number of carbonyl (C=O) groups excluding carboxylic acids is 2. The van der Waals surface area contributed by atoms with Gasteiger partial charge in [-0.25, -0.2) is 0 Å². The lowest BCUT2D eigenvalue weighted by atomic mass is 10.1. The lowest BCUT2D eigenvalue weighted by molar-refractivity contribution is -0.119. The molecule has 3 rings (SSSR count). The van der Waals surface area contributed by atoms with Crippen LogP contribution in [0.1, 0.15) is 12.0 Å². The van der Waals surface area contributed by atoms with E-state index in [-0.39, 0.29) is 12.1 Å². The summed E-state index contributed by atoms with van der Waals surface area (Å²) in [7, 11) is 0. The first kappa shape index (κ1) is 16.2. The van der Waals surface area contributed by atoms with Gasteiger partial charge in [-0.1, -0.05) is 24.3 Å². The first-order valence-electron chi connectivity index (χ1n) is 7.61. The maximum atomic E-state index is 12.5. The van der Waals surface area contributed by atoms with Crippen LogP contribution in [0.25, 0.3) is 0 Å². The highest BCUT2D eigenvalue weighted by Crippen LogP contribution is 2.24. The normalized spacial score (nSPS) is 16.0. The van der Waals surface area contributed by atoms with Gasteiger partial charge in [0.05, 0.1) is 17.3 Å². The second kappa shape index (κ2) is 6.84. The molecule has 25 heavy (non-hydrogen) atoms. The molecule has 0 fully saturated rings. The fraction of sp³-hybridized carbons (Fsp3) is 0.111. The smallest absolute Gasteiger partial charge is 0.271 e. The van der Waals surface area contributed by atoms with Crippen LogP contribution in [0, 0.1) is 11.3 Å². The van der Waals surface area contributed by atoms with Crippen LogP contribution in [0.5, 0.6) is 0 Å². The predicted molar refractivity (Wildman–Crippen MR) is 93.7 cm³/mol. The number of hydrogen-bond acceptors (Lipinski definition) is 5. The van der Waals surface area contributed by atoms with Crippen LogP contribution in [-0.4, -0.2) is 23.6 Å². The van der Waals surface area contributed by atoms with Crippen molar-refractivity contribution in [3.8, 4) is 6.07 Å². The van der Waals surface area contributed by atoms with Crippen molar-refractivity contribution in [1.82, 2.24) is 0 Å². The van der Waals surface area contributed by atoms with Crippen molar-refractivity contribution >= 4 is 28.9 Å². The molecule has 0 radical (unpaired) electrons. The maximum absolute atomic E-state index is 12.5. The van der Waals surface area contributed by atoms with E-state index in [0.717, 1.165) is 0 Å². The molecule has 1 atom stereocenters. The van der Waals surface area contributed by atoms with Crippen molar-refractivity contribution in [2.45, 2.75) is 12.5 Å². The van der Waals surface area contributed by atoms with Gasteiger partial charge in [0.25, 0.3) is 5.91 Å². The van der Waals surface area contributed by atoms with Gasteiger partial charge in [0.1, 0.15) is 11.8 Å². The standard InChI is InChI=1S/C18H15N5O2/c19-11-12-5-4-6-13(9-12)21-18(25)15-10-16(17(20)24)23(22-15)14-7-2-1-3-8-14/h1-9,16H,10H2,(H2,20,24)(H,21,25). The van der Waals surface area contributed by atoms with Crippen LogP contribution in [0.2, 0.25) is 0 Å². The number of para-hydroxylation sites is 1. The molecule has 0 aromatic heterocycles. The minimum absolute atomic E-state index is 0.119. The Kier molecular flexibility index (Phi) is 4.44. The van der Waals surface area contributed by atoms with E-state index >= 15 is 0 Å². The Labute approximate surface area is 144 Å². The highest BCUT2D eigenvalue weighted by Gasteiger charge is 2.34. The zero-order valence-corrected chi connectivity index (χ0v) is 13.2. The zero-order chi connectivity index (χ0) is 17.8. The van der Waals surface area contributed by atoms with E-state index in [4.69, 9.17) is 11.0 Å². The Balaban J connectivity index is 1.82. The van der Waals surface area contributed by atoms with E-state index in [1.807, 2.05) is 24.3 Å². The van der Waals surface area contributed by atoms with Gasteiger partial charge in [-0.05, 0) is 30.3 Å². The number of primary amides is 1. The van der Waals surface area contributed by atoms with E-state index in [1.165, 1.54) is 5.01 Å². The van der Waals surface area contributed by atoms with Crippen molar-refractivity contribution < 1.29 is 9.59 Å². The van der Waals surface area contributed by atoms with Crippen molar-refractivity contribution in [3.63, 3.8) is 0 Å². The number of carbonyl (C=O) groups is 2. The molecule has 1 heterocycles. The van der Waals surface area contributed by atoms with Gasteiger partial charge in [0, 0.05) is 12.1 Å². The second-order valence-corrected chi connectivity index (χ2v) is 5.50. The quantitative estimate of drug-likeness (QED) is 0.885. The van der Waals surface area contributed by atoms with Gasteiger partial charge in [-0.2, -0.15) is 10.4 Å². The van der Waals surface area contributed by atoms with Crippen LogP contribution in [0.15, 0.2) is 59.7 Å². The molecule has 7 heteroatoms. The number of amides is 2. The summed E-state index contributed by atoms with van der Waals surface area (Å²) in [6.45, 7) is 0. The Morgan fingerprint density at radius 2 is 1.96 bits per heavy atom. The Morgan fingerprint density at radius 3 is 2.64 bits per heavy atom. The van der Waals surface area contributed by atoms with Gasteiger partial charge < -0.3 is 11.1 Å². The molecule has 2 aromatic rings. The third kappa shape index (κ3) is 3.48. The van der Waals surface area contributed by atoms with E-state index in [0.29, 0.717) is 16.9 Å². The van der Waals surface area contributed by atoms with Crippen LogP contribution in [0.4, 0.5) is 11.4 Å². The molecule has 0 saturated carbocycles. The average molecular weight is 333 g/mol. The lowest BCUT2D eigenvalue weighted by Gasteiger charge is -2.20. The van der Waals surface area contributed by atoms with Gasteiger partial charge in [0.2, 0.25) is 5.91 Å². The summed E-state index contributed by atoms with van der Waals surface area (Å²) in [5.74, 6) is -0.985. The first-order chi connectivity index (χ1) is 12.1. The molecule has 0 saturated heterocycles. The number of nitrogens with one attached hydrogen (secondary N) is 1. The molecular formula is C18H15N5O2. The first-order valence-corrected chi connectivity index (χ1v) is 7.61. The zero-order valence-electron chi connectivity index (χ0n) is 13.2. The molecule has 0 spiro atoms. The number of nitrogens with two attached hydrogens (primary N) is 1. The predicted octanol–water partition coefficient (Wildman–Crippen LogP) is 1.62. The Morgan fingerprint density at radius 1 is 1.20 bits per heavy atom. The second-order valence-electron chi connectivity index (χ2n) is 5.50.